The van der Waals surface area contributed by atoms with E-state index in [1.54, 1.807) is 17.9 Å². The molecule has 2 N–H and O–H groups in total. The minimum Gasteiger partial charge on any atom is -0.342 e. The average Bonchev–Trinajstić information content (AvgIpc) is 3.41. The van der Waals surface area contributed by atoms with Crippen LogP contribution in [-0.2, 0) is 12.5 Å². The fraction of sp³-hybridized carbons (Fsp3) is 0.304. The summed E-state index contributed by atoms with van der Waals surface area (Å²) < 4.78 is 1.58. The van der Waals surface area contributed by atoms with E-state index in [9.17, 15) is 9.59 Å². The number of aromatic nitrogens is 5. The van der Waals surface area contributed by atoms with Crippen LogP contribution in [0.4, 0.5) is 5.69 Å². The van der Waals surface area contributed by atoms with Crippen molar-refractivity contribution < 1.29 is 9.59 Å². The SMILES string of the molecule is CC(NC(=O)c1ncnc2c1cnn2C)c1ncc(C(=O)Nc2cccc(C(C)(C)C)c2)s1. The number of benzene rings is 1. The molecule has 9 nitrogen and oxygen atoms in total. The van der Waals surface area contributed by atoms with Crippen molar-refractivity contribution in [3.63, 3.8) is 0 Å². The lowest BCUT2D eigenvalue weighted by Gasteiger charge is -2.19. The Bertz CT molecular complexity index is 1340. The maximum Gasteiger partial charge on any atom is 0.271 e. The molecule has 0 radical (unpaired) electrons. The van der Waals surface area contributed by atoms with Crippen LogP contribution in [0, 0.1) is 0 Å². The van der Waals surface area contributed by atoms with Gasteiger partial charge in [-0.3, -0.25) is 14.3 Å². The van der Waals surface area contributed by atoms with Gasteiger partial charge in [0.15, 0.2) is 5.65 Å². The summed E-state index contributed by atoms with van der Waals surface area (Å²) in [5.41, 5.74) is 2.67. The van der Waals surface area contributed by atoms with Gasteiger partial charge < -0.3 is 10.6 Å². The predicted molar refractivity (Wildman–Crippen MR) is 127 cm³/mol. The van der Waals surface area contributed by atoms with Gasteiger partial charge in [-0.2, -0.15) is 5.10 Å². The van der Waals surface area contributed by atoms with Crippen LogP contribution >= 0.6 is 11.3 Å². The number of nitrogens with zero attached hydrogens (tertiary/aromatic N) is 5. The maximum absolute atomic E-state index is 12.8. The number of hydrogen-bond donors (Lipinski definition) is 2. The van der Waals surface area contributed by atoms with E-state index in [-0.39, 0.29) is 22.9 Å². The molecule has 2 amide bonds. The Morgan fingerprint density at radius 3 is 2.64 bits per heavy atom. The quantitative estimate of drug-likeness (QED) is 0.464. The first-order valence-electron chi connectivity index (χ1n) is 10.4. The molecule has 0 aliphatic carbocycles. The Labute approximate surface area is 195 Å². The summed E-state index contributed by atoms with van der Waals surface area (Å²) in [6.45, 7) is 8.19. The minimum atomic E-state index is -0.407. The molecule has 10 heteroatoms. The minimum absolute atomic E-state index is 0.0168. The molecule has 0 saturated heterocycles. The standard InChI is InChI=1S/C23H25N7O2S/c1-13(28-21(32)18-16-10-27-30(5)19(16)26-12-25-18)22-24-11-17(33-22)20(31)29-15-8-6-7-14(9-15)23(2,3)4/h6-13H,1-5H3,(H,28,32)(H,29,31). The van der Waals surface area contributed by atoms with Gasteiger partial charge in [-0.25, -0.2) is 15.0 Å². The Morgan fingerprint density at radius 2 is 1.88 bits per heavy atom. The summed E-state index contributed by atoms with van der Waals surface area (Å²) in [7, 11) is 1.75. The van der Waals surface area contributed by atoms with Crippen LogP contribution in [0.3, 0.4) is 0 Å². The number of amides is 2. The lowest BCUT2D eigenvalue weighted by molar-refractivity contribution is 0.0936. The molecule has 4 rings (SSSR count). The average molecular weight is 464 g/mol. The van der Waals surface area contributed by atoms with E-state index in [1.165, 1.54) is 23.9 Å². The van der Waals surface area contributed by atoms with Crippen molar-refractivity contribution in [2.45, 2.75) is 39.2 Å². The van der Waals surface area contributed by atoms with Gasteiger partial charge in [0.05, 0.1) is 23.8 Å². The highest BCUT2D eigenvalue weighted by atomic mass is 32.1. The van der Waals surface area contributed by atoms with Crippen LogP contribution in [0.25, 0.3) is 11.0 Å². The zero-order valence-corrected chi connectivity index (χ0v) is 19.9. The third-order valence-corrected chi connectivity index (χ3v) is 6.38. The number of anilines is 1. The lowest BCUT2D eigenvalue weighted by atomic mass is 9.87. The van der Waals surface area contributed by atoms with Gasteiger partial charge >= 0.3 is 0 Å². The van der Waals surface area contributed by atoms with E-state index < -0.39 is 6.04 Å². The van der Waals surface area contributed by atoms with Crippen LogP contribution in [-0.4, -0.2) is 36.5 Å². The molecule has 3 aromatic heterocycles. The molecule has 1 unspecified atom stereocenters. The summed E-state index contributed by atoms with van der Waals surface area (Å²) in [5, 5.41) is 11.1. The first kappa shape index (κ1) is 22.5. The summed E-state index contributed by atoms with van der Waals surface area (Å²) >= 11 is 1.24. The molecule has 4 aromatic rings. The number of thiazole rings is 1. The largest absolute Gasteiger partial charge is 0.342 e. The first-order chi connectivity index (χ1) is 15.6. The van der Waals surface area contributed by atoms with E-state index in [0.717, 1.165) is 11.3 Å². The van der Waals surface area contributed by atoms with Crippen LogP contribution in [0.2, 0.25) is 0 Å². The first-order valence-corrected chi connectivity index (χ1v) is 11.3. The molecule has 1 aromatic carbocycles. The molecule has 170 valence electrons. The van der Waals surface area contributed by atoms with E-state index >= 15 is 0 Å². The van der Waals surface area contributed by atoms with E-state index in [2.05, 4.69) is 51.5 Å². The van der Waals surface area contributed by atoms with Gasteiger partial charge in [0, 0.05) is 12.7 Å². The number of nitrogens with one attached hydrogen (secondary N) is 2. The van der Waals surface area contributed by atoms with Gasteiger partial charge in [-0.05, 0) is 30.0 Å². The summed E-state index contributed by atoms with van der Waals surface area (Å²) in [6, 6.07) is 7.40. The number of carbonyl (C=O) groups excluding carboxylic acids is 2. The van der Waals surface area contributed by atoms with Gasteiger partial charge in [0.25, 0.3) is 11.8 Å². The summed E-state index contributed by atoms with van der Waals surface area (Å²) in [5.74, 6) is -0.598. The third-order valence-electron chi connectivity index (χ3n) is 5.20. The molecule has 0 saturated carbocycles. The van der Waals surface area contributed by atoms with Crippen molar-refractivity contribution in [3.05, 3.63) is 64.1 Å². The fourth-order valence-electron chi connectivity index (χ4n) is 3.32. The molecule has 0 bridgehead atoms. The van der Waals surface area contributed by atoms with Gasteiger partial charge in [-0.1, -0.05) is 32.9 Å². The van der Waals surface area contributed by atoms with Gasteiger partial charge in [-0.15, -0.1) is 11.3 Å². The number of carbonyl (C=O) groups is 2. The van der Waals surface area contributed by atoms with Crippen molar-refractivity contribution in [2.24, 2.45) is 7.05 Å². The Hall–Kier alpha value is -3.66. The van der Waals surface area contributed by atoms with E-state index in [1.807, 2.05) is 31.2 Å². The molecular formula is C23H25N7O2S. The smallest absolute Gasteiger partial charge is 0.271 e. The molecule has 0 aliphatic heterocycles. The number of rotatable bonds is 5. The van der Waals surface area contributed by atoms with Gasteiger partial charge in [0.2, 0.25) is 0 Å². The van der Waals surface area contributed by atoms with Crippen molar-refractivity contribution in [3.8, 4) is 0 Å². The second-order valence-electron chi connectivity index (χ2n) is 8.77. The zero-order valence-electron chi connectivity index (χ0n) is 19.1. The molecule has 0 aliphatic rings. The second kappa shape index (κ2) is 8.70. The summed E-state index contributed by atoms with van der Waals surface area (Å²) in [6.07, 6.45) is 4.43. The third kappa shape index (κ3) is 4.75. The Morgan fingerprint density at radius 1 is 1.09 bits per heavy atom. The highest BCUT2D eigenvalue weighted by Gasteiger charge is 2.21. The predicted octanol–water partition coefficient (Wildman–Crippen LogP) is 3.86. The molecule has 33 heavy (non-hydrogen) atoms. The van der Waals surface area contributed by atoms with Crippen LogP contribution < -0.4 is 10.6 Å². The second-order valence-corrected chi connectivity index (χ2v) is 9.83. The number of hydrogen-bond acceptors (Lipinski definition) is 7. The topological polar surface area (TPSA) is 115 Å². The van der Waals surface area contributed by atoms with Crippen LogP contribution in [0.15, 0.2) is 43.0 Å². The Balaban J connectivity index is 1.45. The van der Waals surface area contributed by atoms with Crippen molar-refractivity contribution >= 4 is 39.9 Å². The lowest BCUT2D eigenvalue weighted by Crippen LogP contribution is -2.27. The molecule has 1 atom stereocenters. The molecule has 0 fully saturated rings. The van der Waals surface area contributed by atoms with E-state index in [0.29, 0.717) is 20.9 Å². The Kier molecular flexibility index (Phi) is 5.94. The molecular weight excluding hydrogens is 438 g/mol. The van der Waals surface area contributed by atoms with Crippen molar-refractivity contribution in [2.75, 3.05) is 5.32 Å². The normalized spacial score (nSPS) is 12.5. The number of fused-ring (bicyclic) bond motifs is 1. The summed E-state index contributed by atoms with van der Waals surface area (Å²) in [4.78, 5) is 38.6. The van der Waals surface area contributed by atoms with Crippen LogP contribution in [0.1, 0.15) is 64.5 Å². The molecule has 3 heterocycles. The monoisotopic (exact) mass is 463 g/mol. The fourth-order valence-corrected chi connectivity index (χ4v) is 4.13. The van der Waals surface area contributed by atoms with Crippen molar-refractivity contribution in [1.29, 1.82) is 0 Å². The highest BCUT2D eigenvalue weighted by molar-refractivity contribution is 7.13. The van der Waals surface area contributed by atoms with Gasteiger partial charge in [0.1, 0.15) is 21.9 Å². The maximum atomic E-state index is 12.8. The van der Waals surface area contributed by atoms with Crippen molar-refractivity contribution in [1.82, 2.24) is 30.0 Å². The van der Waals surface area contributed by atoms with Crippen LogP contribution in [0.5, 0.6) is 0 Å². The number of aryl methyl sites for hydroxylation is 1. The highest BCUT2D eigenvalue weighted by Crippen LogP contribution is 2.26. The van der Waals surface area contributed by atoms with E-state index in [4.69, 9.17) is 0 Å². The molecule has 0 spiro atoms. The zero-order chi connectivity index (χ0) is 23.8.